The number of nitrogens with one attached hydrogen (secondary N) is 1. The molecule has 0 saturated carbocycles. The second-order valence-corrected chi connectivity index (χ2v) is 3.81. The Labute approximate surface area is 93.2 Å². The molecule has 0 fully saturated rings. The summed E-state index contributed by atoms with van der Waals surface area (Å²) in [5.74, 6) is 1.53. The minimum atomic E-state index is 0.753. The van der Waals surface area contributed by atoms with Crippen molar-refractivity contribution in [2.75, 3.05) is 14.2 Å². The first kappa shape index (κ1) is 9.27. The minimum absolute atomic E-state index is 0.753. The van der Waals surface area contributed by atoms with Gasteiger partial charge in [0.15, 0.2) is 11.5 Å². The highest BCUT2D eigenvalue weighted by Gasteiger charge is 2.22. The first-order valence-corrected chi connectivity index (χ1v) is 5.11. The van der Waals surface area contributed by atoms with Crippen molar-refractivity contribution in [1.82, 2.24) is 10.2 Å². The van der Waals surface area contributed by atoms with Gasteiger partial charge in [-0.3, -0.25) is 5.10 Å². The maximum absolute atomic E-state index is 5.29. The Hall–Kier alpha value is -1.97. The van der Waals surface area contributed by atoms with Gasteiger partial charge in [0.25, 0.3) is 0 Å². The lowest BCUT2D eigenvalue weighted by Gasteiger charge is -2.10. The normalized spacial score (nSPS) is 12.1. The minimum Gasteiger partial charge on any atom is -0.493 e. The van der Waals surface area contributed by atoms with Crippen molar-refractivity contribution in [2.24, 2.45) is 0 Å². The summed E-state index contributed by atoms with van der Waals surface area (Å²) in [6.45, 7) is 0. The number of aromatic nitrogens is 2. The highest BCUT2D eigenvalue weighted by molar-refractivity contribution is 5.76. The Balaban J connectivity index is 2.20. The van der Waals surface area contributed by atoms with E-state index in [1.165, 1.54) is 11.1 Å². The molecule has 0 saturated heterocycles. The first-order chi connectivity index (χ1) is 7.83. The third kappa shape index (κ3) is 1.13. The lowest BCUT2D eigenvalue weighted by Crippen LogP contribution is -1.93. The van der Waals surface area contributed by atoms with Crippen molar-refractivity contribution in [3.8, 4) is 22.8 Å². The molecule has 1 aliphatic rings. The molecule has 0 atom stereocenters. The van der Waals surface area contributed by atoms with Crippen LogP contribution in [0.2, 0.25) is 0 Å². The fourth-order valence-electron chi connectivity index (χ4n) is 2.18. The van der Waals surface area contributed by atoms with Gasteiger partial charge >= 0.3 is 0 Å². The highest BCUT2D eigenvalue weighted by Crippen LogP contribution is 2.41. The summed E-state index contributed by atoms with van der Waals surface area (Å²) in [6, 6.07) is 4.03. The lowest BCUT2D eigenvalue weighted by atomic mass is 10.1. The summed E-state index contributed by atoms with van der Waals surface area (Å²) >= 11 is 0. The molecule has 0 radical (unpaired) electrons. The summed E-state index contributed by atoms with van der Waals surface area (Å²) < 4.78 is 10.6. The highest BCUT2D eigenvalue weighted by atomic mass is 16.5. The topological polar surface area (TPSA) is 47.1 Å². The molecule has 4 heteroatoms. The number of methoxy groups -OCH3 is 2. The van der Waals surface area contributed by atoms with Crippen LogP contribution < -0.4 is 9.47 Å². The summed E-state index contributed by atoms with van der Waals surface area (Å²) in [6.07, 6.45) is 2.77. The van der Waals surface area contributed by atoms with E-state index in [1.807, 2.05) is 18.3 Å². The Morgan fingerprint density at radius 1 is 1.12 bits per heavy atom. The summed E-state index contributed by atoms with van der Waals surface area (Å²) in [7, 11) is 3.30. The summed E-state index contributed by atoms with van der Waals surface area (Å²) in [4.78, 5) is 0. The fraction of sp³-hybridized carbons (Fsp3) is 0.250. The van der Waals surface area contributed by atoms with Crippen LogP contribution in [0.3, 0.4) is 0 Å². The quantitative estimate of drug-likeness (QED) is 0.712. The molecular weight excluding hydrogens is 204 g/mol. The van der Waals surface area contributed by atoms with Crippen molar-refractivity contribution < 1.29 is 9.47 Å². The smallest absolute Gasteiger partial charge is 0.161 e. The molecule has 0 bridgehead atoms. The van der Waals surface area contributed by atoms with Gasteiger partial charge in [-0.2, -0.15) is 5.10 Å². The van der Waals surface area contributed by atoms with Gasteiger partial charge in [-0.1, -0.05) is 0 Å². The Morgan fingerprint density at radius 2 is 1.88 bits per heavy atom. The third-order valence-electron chi connectivity index (χ3n) is 2.98. The average molecular weight is 216 g/mol. The van der Waals surface area contributed by atoms with Crippen LogP contribution in [0.15, 0.2) is 18.3 Å². The van der Waals surface area contributed by atoms with E-state index in [-0.39, 0.29) is 0 Å². The Morgan fingerprint density at radius 3 is 2.62 bits per heavy atom. The molecular formula is C12H12N2O2. The van der Waals surface area contributed by atoms with E-state index in [9.17, 15) is 0 Å². The van der Waals surface area contributed by atoms with E-state index in [2.05, 4.69) is 10.2 Å². The van der Waals surface area contributed by atoms with Gasteiger partial charge in [0.05, 0.1) is 26.1 Å². The number of ether oxygens (including phenoxy) is 2. The number of hydrogen-bond acceptors (Lipinski definition) is 3. The fourth-order valence-corrected chi connectivity index (χ4v) is 2.18. The zero-order valence-electron chi connectivity index (χ0n) is 9.20. The maximum Gasteiger partial charge on any atom is 0.161 e. The van der Waals surface area contributed by atoms with Gasteiger partial charge in [-0.25, -0.2) is 0 Å². The number of nitrogens with zero attached hydrogens (tertiary/aromatic N) is 1. The molecule has 1 aromatic heterocycles. The zero-order chi connectivity index (χ0) is 11.1. The van der Waals surface area contributed by atoms with E-state index in [0.29, 0.717) is 0 Å². The number of benzene rings is 1. The zero-order valence-corrected chi connectivity index (χ0v) is 9.20. The Kier molecular flexibility index (Phi) is 1.89. The van der Waals surface area contributed by atoms with Crippen LogP contribution in [0.1, 0.15) is 11.1 Å². The third-order valence-corrected chi connectivity index (χ3v) is 2.98. The number of fused-ring (bicyclic) bond motifs is 3. The molecule has 0 spiro atoms. The van der Waals surface area contributed by atoms with Crippen molar-refractivity contribution in [2.45, 2.75) is 6.42 Å². The molecule has 1 heterocycles. The van der Waals surface area contributed by atoms with E-state index in [0.717, 1.165) is 29.2 Å². The maximum atomic E-state index is 5.29. The van der Waals surface area contributed by atoms with Crippen LogP contribution in [-0.2, 0) is 6.42 Å². The second kappa shape index (κ2) is 3.27. The second-order valence-electron chi connectivity index (χ2n) is 3.81. The summed E-state index contributed by atoms with van der Waals surface area (Å²) in [5, 5.41) is 7.06. The van der Waals surface area contributed by atoms with Crippen LogP contribution in [0.25, 0.3) is 11.3 Å². The van der Waals surface area contributed by atoms with Crippen molar-refractivity contribution in [3.05, 3.63) is 29.5 Å². The molecule has 0 amide bonds. The molecule has 2 aromatic rings. The molecule has 1 aliphatic carbocycles. The number of rotatable bonds is 2. The van der Waals surface area contributed by atoms with Crippen molar-refractivity contribution in [3.63, 3.8) is 0 Å². The van der Waals surface area contributed by atoms with E-state index in [4.69, 9.17) is 9.47 Å². The monoisotopic (exact) mass is 216 g/mol. The number of aromatic amines is 1. The van der Waals surface area contributed by atoms with E-state index in [1.54, 1.807) is 14.2 Å². The molecule has 82 valence electrons. The molecule has 1 N–H and O–H groups in total. The van der Waals surface area contributed by atoms with Crippen LogP contribution in [0.4, 0.5) is 0 Å². The number of H-pyrrole nitrogens is 1. The average Bonchev–Trinajstić information content (AvgIpc) is 2.87. The molecule has 1 aromatic carbocycles. The van der Waals surface area contributed by atoms with Gasteiger partial charge in [-0.05, 0) is 17.7 Å². The van der Waals surface area contributed by atoms with Gasteiger partial charge in [0, 0.05) is 17.5 Å². The van der Waals surface area contributed by atoms with Gasteiger partial charge in [-0.15, -0.1) is 0 Å². The van der Waals surface area contributed by atoms with E-state index < -0.39 is 0 Å². The van der Waals surface area contributed by atoms with Crippen LogP contribution in [0.5, 0.6) is 11.5 Å². The lowest BCUT2D eigenvalue weighted by molar-refractivity contribution is 0.355. The van der Waals surface area contributed by atoms with Crippen molar-refractivity contribution in [1.29, 1.82) is 0 Å². The predicted molar refractivity (Wildman–Crippen MR) is 59.9 cm³/mol. The predicted octanol–water partition coefficient (Wildman–Crippen LogP) is 2.00. The van der Waals surface area contributed by atoms with Crippen molar-refractivity contribution >= 4 is 0 Å². The molecule has 4 nitrogen and oxygen atoms in total. The van der Waals surface area contributed by atoms with Crippen LogP contribution in [-0.4, -0.2) is 24.4 Å². The van der Waals surface area contributed by atoms with E-state index >= 15 is 0 Å². The van der Waals surface area contributed by atoms with Gasteiger partial charge in [0.1, 0.15) is 0 Å². The Bertz CT molecular complexity index is 546. The van der Waals surface area contributed by atoms with Gasteiger partial charge < -0.3 is 9.47 Å². The molecule has 0 unspecified atom stereocenters. The molecule has 0 aliphatic heterocycles. The largest absolute Gasteiger partial charge is 0.493 e. The van der Waals surface area contributed by atoms with Gasteiger partial charge in [0.2, 0.25) is 0 Å². The first-order valence-electron chi connectivity index (χ1n) is 5.11. The van der Waals surface area contributed by atoms with Crippen LogP contribution >= 0.6 is 0 Å². The SMILES string of the molecule is COc1cc2c(cc1OC)-c1[nH]ncc1C2. The number of hydrogen-bond donors (Lipinski definition) is 1. The summed E-state index contributed by atoms with van der Waals surface area (Å²) in [5.41, 5.74) is 4.73. The van der Waals surface area contributed by atoms with Crippen LogP contribution in [0, 0.1) is 0 Å². The molecule has 3 rings (SSSR count). The standard InChI is InChI=1S/C12H12N2O2/c1-15-10-4-7-3-8-6-13-14-12(8)9(7)5-11(10)16-2/h4-6H,3H2,1-2H3,(H,13,14). The molecule has 16 heavy (non-hydrogen) atoms.